The van der Waals surface area contributed by atoms with Crippen LogP contribution >= 0.6 is 0 Å². The summed E-state index contributed by atoms with van der Waals surface area (Å²) < 4.78 is 13.1. The number of halogens is 1. The number of rotatable bonds is 5. The molecule has 0 radical (unpaired) electrons. The topological polar surface area (TPSA) is 61.4 Å². The minimum Gasteiger partial charge on any atom is -0.326 e. The number of urea groups is 1. The maximum absolute atomic E-state index is 13.1. The van der Waals surface area contributed by atoms with Gasteiger partial charge in [0.2, 0.25) is 5.91 Å². The van der Waals surface area contributed by atoms with Crippen molar-refractivity contribution < 1.29 is 14.0 Å². The molecule has 2 N–H and O–H groups in total. The number of hydrogen-bond acceptors (Lipinski definition) is 2. The predicted molar refractivity (Wildman–Crippen MR) is 99.5 cm³/mol. The minimum atomic E-state index is -0.286. The highest BCUT2D eigenvalue weighted by Gasteiger charge is 2.33. The molecule has 2 aromatic carbocycles. The molecule has 0 spiro atoms. The maximum Gasteiger partial charge on any atom is 0.322 e. The largest absolute Gasteiger partial charge is 0.326 e. The average molecular weight is 355 g/mol. The number of likely N-dealkylation sites (tertiary alicyclic amines) is 1. The summed E-state index contributed by atoms with van der Waals surface area (Å²) in [5.41, 5.74) is 2.20. The van der Waals surface area contributed by atoms with E-state index in [0.29, 0.717) is 24.3 Å². The molecule has 0 aromatic heterocycles. The summed E-state index contributed by atoms with van der Waals surface area (Å²) in [5, 5.41) is 5.68. The van der Waals surface area contributed by atoms with E-state index in [1.165, 1.54) is 12.1 Å². The van der Waals surface area contributed by atoms with Crippen LogP contribution in [0.25, 0.3) is 0 Å². The van der Waals surface area contributed by atoms with E-state index in [9.17, 15) is 14.0 Å². The molecular weight excluding hydrogens is 333 g/mol. The lowest BCUT2D eigenvalue weighted by molar-refractivity contribution is -0.116. The van der Waals surface area contributed by atoms with E-state index in [2.05, 4.69) is 10.6 Å². The van der Waals surface area contributed by atoms with Gasteiger partial charge in [-0.2, -0.15) is 0 Å². The van der Waals surface area contributed by atoms with Crippen molar-refractivity contribution in [3.63, 3.8) is 0 Å². The molecule has 2 aromatic rings. The minimum absolute atomic E-state index is 0.0389. The van der Waals surface area contributed by atoms with E-state index in [1.54, 1.807) is 41.3 Å². The second-order valence-electron chi connectivity index (χ2n) is 6.36. The van der Waals surface area contributed by atoms with Crippen LogP contribution in [0.4, 0.5) is 20.6 Å². The Kier molecular flexibility index (Phi) is 5.51. The van der Waals surface area contributed by atoms with Crippen molar-refractivity contribution >= 4 is 23.3 Å². The standard InChI is InChI=1S/C20H22FN3O2/c1-2-4-19(25)22-16-5-3-6-17(13-16)23-20(26)24-12-11-18(24)14-7-9-15(21)10-8-14/h3,5-10,13,18H,2,4,11-12H2,1H3,(H,22,25)(H,23,26). The molecule has 3 amide bonds. The van der Waals surface area contributed by atoms with Gasteiger partial charge in [-0.1, -0.05) is 25.1 Å². The third-order valence-corrected chi connectivity index (χ3v) is 4.41. The molecule has 1 heterocycles. The van der Waals surface area contributed by atoms with E-state index in [-0.39, 0.29) is 23.8 Å². The number of anilines is 2. The van der Waals surface area contributed by atoms with Gasteiger partial charge in [-0.15, -0.1) is 0 Å². The number of nitrogens with zero attached hydrogens (tertiary/aromatic N) is 1. The first-order valence-corrected chi connectivity index (χ1v) is 8.80. The van der Waals surface area contributed by atoms with Crippen LogP contribution in [0, 0.1) is 5.82 Å². The fraction of sp³-hybridized carbons (Fsp3) is 0.300. The molecule has 1 atom stereocenters. The maximum atomic E-state index is 13.1. The fourth-order valence-electron chi connectivity index (χ4n) is 2.98. The van der Waals surface area contributed by atoms with E-state index < -0.39 is 0 Å². The van der Waals surface area contributed by atoms with Gasteiger partial charge in [-0.05, 0) is 48.7 Å². The highest BCUT2D eigenvalue weighted by molar-refractivity contribution is 5.93. The molecule has 0 saturated carbocycles. The van der Waals surface area contributed by atoms with Gasteiger partial charge in [0.05, 0.1) is 6.04 Å². The van der Waals surface area contributed by atoms with Crippen molar-refractivity contribution in [1.29, 1.82) is 0 Å². The Morgan fingerprint density at radius 2 is 1.81 bits per heavy atom. The molecule has 26 heavy (non-hydrogen) atoms. The van der Waals surface area contributed by atoms with Crippen LogP contribution in [0.3, 0.4) is 0 Å². The molecular formula is C20H22FN3O2. The zero-order valence-corrected chi connectivity index (χ0v) is 14.7. The smallest absolute Gasteiger partial charge is 0.322 e. The predicted octanol–water partition coefficient (Wildman–Crippen LogP) is 4.54. The van der Waals surface area contributed by atoms with Crippen LogP contribution in [0.5, 0.6) is 0 Å². The second kappa shape index (κ2) is 7.99. The number of hydrogen-bond donors (Lipinski definition) is 2. The Labute approximate surface area is 152 Å². The van der Waals surface area contributed by atoms with Crippen LogP contribution in [-0.2, 0) is 4.79 Å². The Morgan fingerprint density at radius 1 is 1.12 bits per heavy atom. The summed E-state index contributed by atoms with van der Waals surface area (Å²) >= 11 is 0. The monoisotopic (exact) mass is 355 g/mol. The van der Waals surface area contributed by atoms with Crippen molar-refractivity contribution in [3.05, 3.63) is 59.9 Å². The quantitative estimate of drug-likeness (QED) is 0.827. The van der Waals surface area contributed by atoms with Crippen LogP contribution < -0.4 is 10.6 Å². The SMILES string of the molecule is CCCC(=O)Nc1cccc(NC(=O)N2CCC2c2ccc(F)cc2)c1. The lowest BCUT2D eigenvalue weighted by Crippen LogP contribution is -2.47. The molecule has 1 saturated heterocycles. The molecule has 5 nitrogen and oxygen atoms in total. The summed E-state index contributed by atoms with van der Waals surface area (Å²) in [5.74, 6) is -0.332. The van der Waals surface area contributed by atoms with Gasteiger partial charge in [0.15, 0.2) is 0 Å². The zero-order chi connectivity index (χ0) is 18.5. The summed E-state index contributed by atoms with van der Waals surface area (Å²) in [6, 6.07) is 13.1. The number of carbonyl (C=O) groups excluding carboxylic acids is 2. The Bertz CT molecular complexity index is 792. The van der Waals surface area contributed by atoms with E-state index in [0.717, 1.165) is 18.4 Å². The van der Waals surface area contributed by atoms with Crippen LogP contribution in [-0.4, -0.2) is 23.4 Å². The van der Waals surface area contributed by atoms with Gasteiger partial charge >= 0.3 is 6.03 Å². The van der Waals surface area contributed by atoms with Gasteiger partial charge in [0, 0.05) is 24.3 Å². The van der Waals surface area contributed by atoms with Gasteiger partial charge < -0.3 is 15.5 Å². The van der Waals surface area contributed by atoms with Gasteiger partial charge in [-0.3, -0.25) is 4.79 Å². The van der Waals surface area contributed by atoms with Crippen molar-refractivity contribution in [2.75, 3.05) is 17.2 Å². The summed E-state index contributed by atoms with van der Waals surface area (Å²) in [6.07, 6.45) is 2.10. The first-order chi connectivity index (χ1) is 12.6. The summed E-state index contributed by atoms with van der Waals surface area (Å²) in [4.78, 5) is 26.0. The molecule has 1 aliphatic heterocycles. The van der Waals surface area contributed by atoms with Crippen molar-refractivity contribution in [3.8, 4) is 0 Å². The lowest BCUT2D eigenvalue weighted by Gasteiger charge is -2.41. The van der Waals surface area contributed by atoms with E-state index in [4.69, 9.17) is 0 Å². The Balaban J connectivity index is 1.63. The number of nitrogens with one attached hydrogen (secondary N) is 2. The normalized spacial score (nSPS) is 15.9. The number of carbonyl (C=O) groups is 2. The molecule has 1 fully saturated rings. The van der Waals surface area contributed by atoms with Gasteiger partial charge in [0.1, 0.15) is 5.82 Å². The van der Waals surface area contributed by atoms with Gasteiger partial charge in [-0.25, -0.2) is 9.18 Å². The zero-order valence-electron chi connectivity index (χ0n) is 14.7. The molecule has 6 heteroatoms. The highest BCUT2D eigenvalue weighted by Crippen LogP contribution is 2.33. The molecule has 0 aliphatic carbocycles. The van der Waals surface area contributed by atoms with E-state index >= 15 is 0 Å². The third kappa shape index (κ3) is 4.20. The Morgan fingerprint density at radius 3 is 2.42 bits per heavy atom. The first kappa shape index (κ1) is 17.9. The van der Waals surface area contributed by atoms with Crippen molar-refractivity contribution in [2.24, 2.45) is 0 Å². The highest BCUT2D eigenvalue weighted by atomic mass is 19.1. The first-order valence-electron chi connectivity index (χ1n) is 8.80. The van der Waals surface area contributed by atoms with Crippen LogP contribution in [0.2, 0.25) is 0 Å². The lowest BCUT2D eigenvalue weighted by atomic mass is 9.95. The van der Waals surface area contributed by atoms with Gasteiger partial charge in [0.25, 0.3) is 0 Å². The van der Waals surface area contributed by atoms with E-state index in [1.807, 2.05) is 6.92 Å². The van der Waals surface area contributed by atoms with Crippen molar-refractivity contribution in [2.45, 2.75) is 32.2 Å². The molecule has 0 bridgehead atoms. The van der Waals surface area contributed by atoms with Crippen molar-refractivity contribution in [1.82, 2.24) is 4.90 Å². The molecule has 136 valence electrons. The van der Waals surface area contributed by atoms with Crippen LogP contribution in [0.1, 0.15) is 37.8 Å². The average Bonchev–Trinajstić information content (AvgIpc) is 2.56. The molecule has 1 aliphatic rings. The second-order valence-corrected chi connectivity index (χ2v) is 6.36. The van der Waals surface area contributed by atoms with Crippen LogP contribution in [0.15, 0.2) is 48.5 Å². The Hall–Kier alpha value is -2.89. The fourth-order valence-corrected chi connectivity index (χ4v) is 2.98. The summed E-state index contributed by atoms with van der Waals surface area (Å²) in [6.45, 7) is 2.60. The molecule has 1 unspecified atom stereocenters. The summed E-state index contributed by atoms with van der Waals surface area (Å²) in [7, 11) is 0. The molecule has 3 rings (SSSR count). The number of amides is 3. The third-order valence-electron chi connectivity index (χ3n) is 4.41. The number of benzene rings is 2.